The van der Waals surface area contributed by atoms with E-state index in [-0.39, 0.29) is 5.41 Å². The number of halogens is 1. The van der Waals surface area contributed by atoms with Gasteiger partial charge in [0.05, 0.1) is 0 Å². The van der Waals surface area contributed by atoms with E-state index in [1.54, 1.807) is 0 Å². The molecule has 2 atom stereocenters. The Kier molecular flexibility index (Phi) is 4.80. The zero-order chi connectivity index (χ0) is 14.9. The van der Waals surface area contributed by atoms with Crippen molar-refractivity contribution < 1.29 is 0 Å². The minimum atomic E-state index is 0.287. The Morgan fingerprint density at radius 2 is 1.80 bits per heavy atom. The lowest BCUT2D eigenvalue weighted by atomic mass is 9.83. The van der Waals surface area contributed by atoms with Gasteiger partial charge < -0.3 is 10.2 Å². The van der Waals surface area contributed by atoms with Crippen LogP contribution in [0.5, 0.6) is 0 Å². The van der Waals surface area contributed by atoms with E-state index in [0.29, 0.717) is 18.0 Å². The van der Waals surface area contributed by atoms with Crippen molar-refractivity contribution in [2.45, 2.75) is 46.7 Å². The molecule has 0 saturated carbocycles. The maximum Gasteiger partial charge on any atom is 0.0438 e. The summed E-state index contributed by atoms with van der Waals surface area (Å²) < 4.78 is 1.14. The average molecular weight is 339 g/mol. The number of anilines is 1. The highest BCUT2D eigenvalue weighted by atomic mass is 79.9. The van der Waals surface area contributed by atoms with Gasteiger partial charge in [-0.2, -0.15) is 0 Å². The molecule has 0 radical (unpaired) electrons. The van der Waals surface area contributed by atoms with Crippen LogP contribution in [0.1, 0.15) is 34.6 Å². The lowest BCUT2D eigenvalue weighted by Crippen LogP contribution is -2.62. The second kappa shape index (κ2) is 6.07. The Morgan fingerprint density at radius 1 is 1.20 bits per heavy atom. The van der Waals surface area contributed by atoms with E-state index in [4.69, 9.17) is 0 Å². The molecule has 112 valence electrons. The molecule has 1 heterocycles. The SMILES string of the molecule is CC(C)C1CNC(C(C)(C)C)CN1c1ccc(Br)cc1. The van der Waals surface area contributed by atoms with Gasteiger partial charge in [0.1, 0.15) is 0 Å². The third-order valence-electron chi connectivity index (χ3n) is 4.33. The van der Waals surface area contributed by atoms with Gasteiger partial charge in [0.15, 0.2) is 0 Å². The predicted octanol–water partition coefficient (Wildman–Crippen LogP) is 4.30. The van der Waals surface area contributed by atoms with Gasteiger partial charge in [0, 0.05) is 35.3 Å². The Bertz CT molecular complexity index is 433. The number of hydrogen-bond acceptors (Lipinski definition) is 2. The van der Waals surface area contributed by atoms with Crippen molar-refractivity contribution >= 4 is 21.6 Å². The van der Waals surface area contributed by atoms with Crippen LogP contribution in [0, 0.1) is 11.3 Å². The molecule has 2 unspecified atom stereocenters. The zero-order valence-electron chi connectivity index (χ0n) is 13.3. The van der Waals surface area contributed by atoms with Crippen molar-refractivity contribution in [3.05, 3.63) is 28.7 Å². The molecule has 20 heavy (non-hydrogen) atoms. The Labute approximate surface area is 132 Å². The van der Waals surface area contributed by atoms with E-state index in [2.05, 4.69) is 85.0 Å². The normalized spacial score (nSPS) is 24.2. The Balaban J connectivity index is 2.25. The fourth-order valence-electron chi connectivity index (χ4n) is 2.87. The second-order valence-electron chi connectivity index (χ2n) is 7.27. The highest BCUT2D eigenvalue weighted by Crippen LogP contribution is 2.30. The molecule has 0 bridgehead atoms. The summed E-state index contributed by atoms with van der Waals surface area (Å²) in [5.74, 6) is 0.645. The zero-order valence-corrected chi connectivity index (χ0v) is 14.9. The summed E-state index contributed by atoms with van der Waals surface area (Å²) in [5.41, 5.74) is 1.62. The summed E-state index contributed by atoms with van der Waals surface area (Å²) in [6.45, 7) is 13.7. The van der Waals surface area contributed by atoms with Gasteiger partial charge in [-0.05, 0) is 35.6 Å². The molecule has 1 aromatic rings. The molecule has 3 heteroatoms. The first kappa shape index (κ1) is 15.8. The van der Waals surface area contributed by atoms with Gasteiger partial charge in [-0.25, -0.2) is 0 Å². The summed E-state index contributed by atoms with van der Waals surface area (Å²) in [4.78, 5) is 2.59. The van der Waals surface area contributed by atoms with Crippen LogP contribution in [-0.4, -0.2) is 25.2 Å². The fourth-order valence-corrected chi connectivity index (χ4v) is 3.14. The standard InChI is InChI=1S/C17H27BrN2/c1-12(2)15-10-19-16(17(3,4)5)11-20(15)14-8-6-13(18)7-9-14/h6-9,12,15-16,19H,10-11H2,1-5H3. The molecule has 0 aromatic heterocycles. The number of hydrogen-bond donors (Lipinski definition) is 1. The van der Waals surface area contributed by atoms with Crippen LogP contribution >= 0.6 is 15.9 Å². The molecule has 2 rings (SSSR count). The highest BCUT2D eigenvalue weighted by molar-refractivity contribution is 9.10. The summed E-state index contributed by atoms with van der Waals surface area (Å²) in [6.07, 6.45) is 0. The molecule has 1 aliphatic rings. The second-order valence-corrected chi connectivity index (χ2v) is 8.18. The molecular formula is C17H27BrN2. The van der Waals surface area contributed by atoms with Crippen molar-refractivity contribution in [2.24, 2.45) is 11.3 Å². The molecule has 1 aromatic carbocycles. The molecule has 2 nitrogen and oxygen atoms in total. The molecule has 1 N–H and O–H groups in total. The van der Waals surface area contributed by atoms with Gasteiger partial charge in [-0.15, -0.1) is 0 Å². The lowest BCUT2D eigenvalue weighted by Gasteiger charge is -2.47. The number of benzene rings is 1. The van der Waals surface area contributed by atoms with Crippen LogP contribution in [-0.2, 0) is 0 Å². The minimum Gasteiger partial charge on any atom is -0.365 e. The maximum atomic E-state index is 3.75. The first-order valence-electron chi connectivity index (χ1n) is 7.54. The van der Waals surface area contributed by atoms with Crippen LogP contribution in [0.4, 0.5) is 5.69 Å². The summed E-state index contributed by atoms with van der Waals surface area (Å²) in [7, 11) is 0. The van der Waals surface area contributed by atoms with Crippen molar-refractivity contribution in [3.8, 4) is 0 Å². The predicted molar refractivity (Wildman–Crippen MR) is 91.4 cm³/mol. The van der Waals surface area contributed by atoms with Crippen molar-refractivity contribution in [1.29, 1.82) is 0 Å². The quantitative estimate of drug-likeness (QED) is 0.864. The summed E-state index contributed by atoms with van der Waals surface area (Å²) >= 11 is 3.53. The van der Waals surface area contributed by atoms with Crippen molar-refractivity contribution in [2.75, 3.05) is 18.0 Å². The van der Waals surface area contributed by atoms with E-state index in [1.807, 2.05) is 0 Å². The van der Waals surface area contributed by atoms with E-state index in [0.717, 1.165) is 17.6 Å². The summed E-state index contributed by atoms with van der Waals surface area (Å²) in [5, 5.41) is 3.75. The van der Waals surface area contributed by atoms with Crippen LogP contribution in [0.25, 0.3) is 0 Å². The highest BCUT2D eigenvalue weighted by Gasteiger charge is 2.35. The van der Waals surface area contributed by atoms with Crippen LogP contribution < -0.4 is 10.2 Å². The van der Waals surface area contributed by atoms with E-state index >= 15 is 0 Å². The first-order chi connectivity index (χ1) is 9.29. The van der Waals surface area contributed by atoms with Gasteiger partial charge in [-0.1, -0.05) is 50.5 Å². The van der Waals surface area contributed by atoms with Crippen LogP contribution in [0.3, 0.4) is 0 Å². The monoisotopic (exact) mass is 338 g/mol. The maximum absolute atomic E-state index is 3.75. The number of rotatable bonds is 2. The number of nitrogens with one attached hydrogen (secondary N) is 1. The number of nitrogens with zero attached hydrogens (tertiary/aromatic N) is 1. The Hall–Kier alpha value is -0.540. The third-order valence-corrected chi connectivity index (χ3v) is 4.85. The van der Waals surface area contributed by atoms with Crippen molar-refractivity contribution in [3.63, 3.8) is 0 Å². The molecule has 0 spiro atoms. The largest absolute Gasteiger partial charge is 0.365 e. The topological polar surface area (TPSA) is 15.3 Å². The van der Waals surface area contributed by atoms with E-state index in [9.17, 15) is 0 Å². The molecule has 0 aliphatic carbocycles. The average Bonchev–Trinajstić information content (AvgIpc) is 2.37. The fraction of sp³-hybridized carbons (Fsp3) is 0.647. The van der Waals surface area contributed by atoms with Gasteiger partial charge in [-0.3, -0.25) is 0 Å². The molecule has 1 fully saturated rings. The van der Waals surface area contributed by atoms with E-state index in [1.165, 1.54) is 5.69 Å². The summed E-state index contributed by atoms with van der Waals surface area (Å²) in [6, 6.07) is 9.83. The number of piperazine rings is 1. The third kappa shape index (κ3) is 3.56. The molecule has 1 aliphatic heterocycles. The van der Waals surface area contributed by atoms with Crippen LogP contribution in [0.15, 0.2) is 28.7 Å². The van der Waals surface area contributed by atoms with Crippen molar-refractivity contribution in [1.82, 2.24) is 5.32 Å². The van der Waals surface area contributed by atoms with Gasteiger partial charge >= 0.3 is 0 Å². The minimum absolute atomic E-state index is 0.287. The van der Waals surface area contributed by atoms with Gasteiger partial charge in [0.2, 0.25) is 0 Å². The first-order valence-corrected chi connectivity index (χ1v) is 8.34. The van der Waals surface area contributed by atoms with E-state index < -0.39 is 0 Å². The van der Waals surface area contributed by atoms with Gasteiger partial charge in [0.25, 0.3) is 0 Å². The smallest absolute Gasteiger partial charge is 0.0438 e. The Morgan fingerprint density at radius 3 is 2.30 bits per heavy atom. The van der Waals surface area contributed by atoms with Crippen LogP contribution in [0.2, 0.25) is 0 Å². The molecule has 1 saturated heterocycles. The molecule has 0 amide bonds. The molecular weight excluding hydrogens is 312 g/mol. The lowest BCUT2D eigenvalue weighted by molar-refractivity contribution is 0.221.